The van der Waals surface area contributed by atoms with Gasteiger partial charge in [-0.3, -0.25) is 9.59 Å². The zero-order valence-corrected chi connectivity index (χ0v) is 18.2. The van der Waals surface area contributed by atoms with Crippen molar-refractivity contribution in [3.63, 3.8) is 0 Å². The van der Waals surface area contributed by atoms with Gasteiger partial charge in [-0.25, -0.2) is 4.99 Å². The quantitative estimate of drug-likeness (QED) is 0.460. The van der Waals surface area contributed by atoms with Crippen LogP contribution in [0.2, 0.25) is 0 Å². The lowest BCUT2D eigenvalue weighted by Crippen LogP contribution is -2.25. The van der Waals surface area contributed by atoms with E-state index >= 15 is 0 Å². The van der Waals surface area contributed by atoms with Gasteiger partial charge in [0.2, 0.25) is 0 Å². The molecule has 1 aliphatic heterocycles. The third-order valence-corrected chi connectivity index (χ3v) is 5.77. The van der Waals surface area contributed by atoms with E-state index < -0.39 is 11.8 Å². The summed E-state index contributed by atoms with van der Waals surface area (Å²) in [5.74, 6) is -0.231. The fraction of sp³-hybridized carbons (Fsp3) is 0.0435. The third-order valence-electron chi connectivity index (χ3n) is 4.88. The molecule has 162 valence electrons. The van der Waals surface area contributed by atoms with Gasteiger partial charge in [0, 0.05) is 17.7 Å². The van der Waals surface area contributed by atoms with Crippen LogP contribution in [0.25, 0.3) is 21.9 Å². The highest BCUT2D eigenvalue weighted by atomic mass is 32.1. The van der Waals surface area contributed by atoms with Crippen molar-refractivity contribution in [2.24, 2.45) is 9.98 Å². The van der Waals surface area contributed by atoms with Crippen LogP contribution in [0, 0.1) is 0 Å². The average Bonchev–Trinajstić information content (AvgIpc) is 3.58. The minimum atomic E-state index is -0.507. The van der Waals surface area contributed by atoms with E-state index in [1.165, 1.54) is 16.0 Å². The Morgan fingerprint density at radius 2 is 1.94 bits per heavy atom. The summed E-state index contributed by atoms with van der Waals surface area (Å²) in [6.07, 6.45) is 0. The number of nitrogens with zero attached hydrogens (tertiary/aromatic N) is 5. The first-order valence-corrected chi connectivity index (χ1v) is 10.7. The molecule has 5 rings (SSSR count). The van der Waals surface area contributed by atoms with Crippen LogP contribution in [0.3, 0.4) is 0 Å². The van der Waals surface area contributed by atoms with E-state index in [0.29, 0.717) is 17.2 Å². The molecule has 1 N–H and O–H groups in total. The Morgan fingerprint density at radius 1 is 1.12 bits per heavy atom. The number of aromatic nitrogens is 3. The zero-order valence-electron chi connectivity index (χ0n) is 17.3. The van der Waals surface area contributed by atoms with Crippen LogP contribution in [0.5, 0.6) is 0 Å². The van der Waals surface area contributed by atoms with Crippen molar-refractivity contribution in [3.05, 3.63) is 77.8 Å². The van der Waals surface area contributed by atoms with Gasteiger partial charge in [-0.05, 0) is 18.4 Å². The molecule has 9 nitrogen and oxygen atoms in total. The molecule has 0 radical (unpaired) electrons. The lowest BCUT2D eigenvalue weighted by Gasteiger charge is -2.12. The van der Waals surface area contributed by atoms with Crippen molar-refractivity contribution in [2.45, 2.75) is 6.92 Å². The molecular formula is C23H16N6O3S. The summed E-state index contributed by atoms with van der Waals surface area (Å²) in [5.41, 5.74) is 2.13. The Labute approximate surface area is 191 Å². The number of rotatable bonds is 4. The Bertz CT molecular complexity index is 1440. The monoisotopic (exact) mass is 456 g/mol. The van der Waals surface area contributed by atoms with Crippen molar-refractivity contribution >= 4 is 40.6 Å². The van der Waals surface area contributed by atoms with Crippen LogP contribution in [0.15, 0.2) is 86.6 Å². The molecule has 4 heterocycles. The molecule has 1 aliphatic rings. The van der Waals surface area contributed by atoms with Gasteiger partial charge in [-0.1, -0.05) is 48.1 Å². The first-order chi connectivity index (χ1) is 16.0. The number of aliphatic imine (C=N–C) groups is 2. The van der Waals surface area contributed by atoms with E-state index in [9.17, 15) is 9.59 Å². The predicted molar refractivity (Wildman–Crippen MR) is 126 cm³/mol. The standard InChI is InChI=1S/C23H16N6O3S/c1-13-14(2)24-23(26-21(13)30)29-20(12-16(27-29)19-9-6-10-33-19)25-22(31)17-11-18(32-28-17)15-7-4-3-5-8-15/h3-12H,1H2,2H3,(H,25,31). The Hall–Kier alpha value is -4.44. The van der Waals surface area contributed by atoms with Crippen molar-refractivity contribution in [2.75, 3.05) is 5.32 Å². The summed E-state index contributed by atoms with van der Waals surface area (Å²) in [6, 6.07) is 16.4. The molecule has 0 saturated carbocycles. The van der Waals surface area contributed by atoms with Gasteiger partial charge in [0.15, 0.2) is 11.5 Å². The first-order valence-electron chi connectivity index (χ1n) is 9.85. The fourth-order valence-electron chi connectivity index (χ4n) is 3.12. The SMILES string of the molecule is C=C1C(=O)N=C(n2nc(-c3cccs3)cc2NC(=O)c2cc(-c3ccccc3)on2)N=C1C. The molecule has 0 spiro atoms. The second-order valence-corrected chi connectivity index (χ2v) is 8.04. The molecule has 0 bridgehead atoms. The Balaban J connectivity index is 1.49. The number of anilines is 1. The van der Waals surface area contributed by atoms with Crippen molar-refractivity contribution < 1.29 is 14.1 Å². The van der Waals surface area contributed by atoms with E-state index in [0.717, 1.165) is 10.4 Å². The maximum absolute atomic E-state index is 12.9. The number of benzene rings is 1. The number of nitrogens with one attached hydrogen (secondary N) is 1. The van der Waals surface area contributed by atoms with Gasteiger partial charge in [0.1, 0.15) is 11.5 Å². The van der Waals surface area contributed by atoms with E-state index in [1.807, 2.05) is 47.8 Å². The number of carbonyl (C=O) groups is 2. The van der Waals surface area contributed by atoms with Crippen LogP contribution in [-0.2, 0) is 4.79 Å². The maximum Gasteiger partial charge on any atom is 0.281 e. The molecule has 0 saturated heterocycles. The number of amides is 2. The third kappa shape index (κ3) is 3.94. The molecule has 1 aromatic carbocycles. The van der Waals surface area contributed by atoms with Gasteiger partial charge < -0.3 is 9.84 Å². The molecule has 0 aliphatic carbocycles. The fourth-order valence-corrected chi connectivity index (χ4v) is 3.80. The second kappa shape index (κ2) is 8.24. The number of hydrogen-bond acceptors (Lipinski definition) is 7. The zero-order chi connectivity index (χ0) is 22.9. The molecule has 3 aromatic heterocycles. The van der Waals surface area contributed by atoms with Gasteiger partial charge >= 0.3 is 0 Å². The molecule has 0 atom stereocenters. The van der Waals surface area contributed by atoms with E-state index in [1.54, 1.807) is 19.1 Å². The van der Waals surface area contributed by atoms with Gasteiger partial charge in [0.05, 0.1) is 16.2 Å². The minimum Gasteiger partial charge on any atom is -0.355 e. The summed E-state index contributed by atoms with van der Waals surface area (Å²) < 4.78 is 6.65. The van der Waals surface area contributed by atoms with Crippen molar-refractivity contribution in [3.8, 4) is 21.9 Å². The summed E-state index contributed by atoms with van der Waals surface area (Å²) in [5, 5.41) is 13.1. The normalized spacial score (nSPS) is 13.6. The highest BCUT2D eigenvalue weighted by Gasteiger charge is 2.23. The second-order valence-electron chi connectivity index (χ2n) is 7.09. The molecular weight excluding hydrogens is 440 g/mol. The number of thiophene rings is 1. The van der Waals surface area contributed by atoms with E-state index in [4.69, 9.17) is 4.52 Å². The van der Waals surface area contributed by atoms with Crippen LogP contribution in [0.1, 0.15) is 17.4 Å². The molecule has 4 aromatic rings. The van der Waals surface area contributed by atoms with E-state index in [-0.39, 0.29) is 23.0 Å². The molecule has 0 unspecified atom stereocenters. The minimum absolute atomic E-state index is 0.0353. The Kier molecular flexibility index (Phi) is 5.11. The summed E-state index contributed by atoms with van der Waals surface area (Å²) in [7, 11) is 0. The maximum atomic E-state index is 12.9. The summed E-state index contributed by atoms with van der Waals surface area (Å²) >= 11 is 1.49. The topological polar surface area (TPSA) is 115 Å². The highest BCUT2D eigenvalue weighted by Crippen LogP contribution is 2.27. The lowest BCUT2D eigenvalue weighted by molar-refractivity contribution is -0.113. The van der Waals surface area contributed by atoms with Crippen molar-refractivity contribution in [1.29, 1.82) is 0 Å². The summed E-state index contributed by atoms with van der Waals surface area (Å²) in [6.45, 7) is 5.35. The van der Waals surface area contributed by atoms with Gasteiger partial charge in [0.25, 0.3) is 17.8 Å². The number of hydrogen-bond donors (Lipinski definition) is 1. The molecule has 2 amide bonds. The molecule has 10 heteroatoms. The first kappa shape index (κ1) is 20.5. The summed E-state index contributed by atoms with van der Waals surface area (Å²) in [4.78, 5) is 34.3. The van der Waals surface area contributed by atoms with Crippen molar-refractivity contribution in [1.82, 2.24) is 14.9 Å². The van der Waals surface area contributed by atoms with Gasteiger partial charge in [-0.15, -0.1) is 11.3 Å². The smallest absolute Gasteiger partial charge is 0.281 e. The van der Waals surface area contributed by atoms with Crippen LogP contribution in [0.4, 0.5) is 5.82 Å². The van der Waals surface area contributed by atoms with Crippen LogP contribution < -0.4 is 5.32 Å². The van der Waals surface area contributed by atoms with E-state index in [2.05, 4.69) is 32.1 Å². The van der Waals surface area contributed by atoms with Gasteiger partial charge in [-0.2, -0.15) is 14.8 Å². The van der Waals surface area contributed by atoms with Crippen LogP contribution >= 0.6 is 11.3 Å². The lowest BCUT2D eigenvalue weighted by atomic mass is 10.1. The number of carbonyl (C=O) groups excluding carboxylic acids is 2. The Morgan fingerprint density at radius 3 is 2.67 bits per heavy atom. The average molecular weight is 456 g/mol. The largest absolute Gasteiger partial charge is 0.355 e. The van der Waals surface area contributed by atoms with Crippen LogP contribution in [-0.4, -0.2) is 38.4 Å². The molecule has 33 heavy (non-hydrogen) atoms. The predicted octanol–water partition coefficient (Wildman–Crippen LogP) is 4.28. The highest BCUT2D eigenvalue weighted by molar-refractivity contribution is 7.13. The molecule has 0 fully saturated rings.